The Morgan fingerprint density at radius 1 is 1.00 bits per heavy atom. The van der Waals surface area contributed by atoms with Crippen molar-refractivity contribution >= 4 is 33.8 Å². The molecule has 12 heteroatoms. The Labute approximate surface area is 266 Å². The number of carbonyl (C=O) groups excluding carboxylic acids is 2. The minimum atomic E-state index is -0.937. The van der Waals surface area contributed by atoms with Crippen LogP contribution in [0.3, 0.4) is 0 Å². The summed E-state index contributed by atoms with van der Waals surface area (Å²) in [6.45, 7) is 6.66. The van der Waals surface area contributed by atoms with Crippen LogP contribution in [-0.2, 0) is 32.1 Å². The van der Waals surface area contributed by atoms with Crippen molar-refractivity contribution in [1.29, 1.82) is 0 Å². The molecule has 0 unspecified atom stereocenters. The fraction of sp³-hybridized carbons (Fsp3) is 0.353. The molecule has 0 aliphatic carbocycles. The molecule has 1 saturated heterocycles. The molecule has 4 N–H and O–H groups in total. The predicted molar refractivity (Wildman–Crippen MR) is 175 cm³/mol. The van der Waals surface area contributed by atoms with E-state index in [1.54, 1.807) is 18.0 Å². The summed E-state index contributed by atoms with van der Waals surface area (Å²) in [4.78, 5) is 42.3. The van der Waals surface area contributed by atoms with Gasteiger partial charge >= 0.3 is 6.09 Å². The molecule has 6 rings (SSSR count). The van der Waals surface area contributed by atoms with Crippen molar-refractivity contribution in [3.8, 4) is 22.4 Å². The van der Waals surface area contributed by atoms with Gasteiger partial charge in [-0.1, -0.05) is 49.4 Å². The van der Waals surface area contributed by atoms with Crippen LogP contribution in [0.15, 0.2) is 60.8 Å². The molecule has 240 valence electrons. The summed E-state index contributed by atoms with van der Waals surface area (Å²) in [5.74, 6) is 0.281. The van der Waals surface area contributed by atoms with Gasteiger partial charge in [-0.25, -0.2) is 14.8 Å². The van der Waals surface area contributed by atoms with Crippen LogP contribution in [0.4, 0.5) is 4.79 Å². The number of imidazole rings is 2. The number of carbonyl (C=O) groups is 2. The standard InChI is InChI=1S/C34H39N7O5/c1-4-13-35-18-29-38-27-12-10-25-16-24(9-11-26(25)32(27)40-29)22-5-7-23(8-6-22)28-17-36-30(39-28)20-41(21-34(2)45-14-15-46-34)31(42)19-37-33(43)44-3/h5-12,16-17,35H,4,13-15,18-21H2,1-3H3,(H,36,39)(H,37,43)(H,38,40). The average molecular weight is 626 g/mol. The number of aromatic amines is 2. The zero-order valence-corrected chi connectivity index (χ0v) is 26.3. The number of alkyl carbamates (subject to hydrolysis) is 1. The van der Waals surface area contributed by atoms with Gasteiger partial charge in [-0.3, -0.25) is 4.79 Å². The molecule has 46 heavy (non-hydrogen) atoms. The largest absolute Gasteiger partial charge is 0.453 e. The molecule has 0 radical (unpaired) electrons. The number of ether oxygens (including phenoxy) is 3. The summed E-state index contributed by atoms with van der Waals surface area (Å²) in [5.41, 5.74) is 6.02. The van der Waals surface area contributed by atoms with E-state index in [4.69, 9.17) is 14.5 Å². The van der Waals surface area contributed by atoms with E-state index < -0.39 is 11.9 Å². The van der Waals surface area contributed by atoms with E-state index in [1.165, 1.54) is 7.11 Å². The SMILES string of the molecule is CCCNCc1nc2c(ccc3cc(-c4ccc(-c5cnc(CN(CC6(C)OCCO6)C(=O)CNC(=O)OC)[nH]5)cc4)ccc32)[nH]1. The molecule has 0 bridgehead atoms. The lowest BCUT2D eigenvalue weighted by atomic mass is 9.99. The Morgan fingerprint density at radius 3 is 2.52 bits per heavy atom. The number of H-pyrrole nitrogens is 2. The zero-order chi connectivity index (χ0) is 32.1. The van der Waals surface area contributed by atoms with Gasteiger partial charge in [0.25, 0.3) is 0 Å². The molecular formula is C34H39N7O5. The van der Waals surface area contributed by atoms with Crippen LogP contribution < -0.4 is 10.6 Å². The monoisotopic (exact) mass is 625 g/mol. The van der Waals surface area contributed by atoms with Crippen molar-refractivity contribution in [2.45, 2.75) is 39.1 Å². The predicted octanol–water partition coefficient (Wildman–Crippen LogP) is 4.72. The molecule has 2 amide bonds. The van der Waals surface area contributed by atoms with Crippen molar-refractivity contribution in [2.75, 3.05) is 40.0 Å². The first-order chi connectivity index (χ1) is 22.3. The fourth-order valence-corrected chi connectivity index (χ4v) is 5.67. The summed E-state index contributed by atoms with van der Waals surface area (Å²) in [7, 11) is 1.25. The summed E-state index contributed by atoms with van der Waals surface area (Å²) in [6.07, 6.45) is 2.16. The third-order valence-electron chi connectivity index (χ3n) is 8.03. The number of aromatic nitrogens is 4. The van der Waals surface area contributed by atoms with Gasteiger partial charge in [0.05, 0.1) is 62.9 Å². The Hall–Kier alpha value is -4.78. The Morgan fingerprint density at radius 2 is 1.76 bits per heavy atom. The molecule has 3 aromatic carbocycles. The smallest absolute Gasteiger partial charge is 0.407 e. The highest BCUT2D eigenvalue weighted by molar-refractivity contribution is 6.05. The Balaban J connectivity index is 1.16. The first-order valence-electron chi connectivity index (χ1n) is 15.5. The first-order valence-corrected chi connectivity index (χ1v) is 15.5. The van der Waals surface area contributed by atoms with Crippen molar-refractivity contribution in [1.82, 2.24) is 35.5 Å². The van der Waals surface area contributed by atoms with Crippen molar-refractivity contribution in [2.24, 2.45) is 0 Å². The number of hydrogen-bond acceptors (Lipinski definition) is 8. The molecule has 5 aromatic rings. The number of nitrogens with one attached hydrogen (secondary N) is 4. The minimum Gasteiger partial charge on any atom is -0.453 e. The third-order valence-corrected chi connectivity index (χ3v) is 8.03. The van der Waals surface area contributed by atoms with Crippen LogP contribution in [0.1, 0.15) is 31.9 Å². The molecule has 1 fully saturated rings. The van der Waals surface area contributed by atoms with Crippen molar-refractivity contribution in [3.05, 3.63) is 72.4 Å². The van der Waals surface area contributed by atoms with Crippen LogP contribution in [0, 0.1) is 0 Å². The van der Waals surface area contributed by atoms with Crippen LogP contribution in [-0.4, -0.2) is 82.6 Å². The maximum atomic E-state index is 13.0. The maximum absolute atomic E-state index is 13.0. The number of rotatable bonds is 12. The first kappa shape index (κ1) is 31.2. The van der Waals surface area contributed by atoms with Crippen molar-refractivity contribution in [3.63, 3.8) is 0 Å². The molecule has 0 spiro atoms. The number of fused-ring (bicyclic) bond motifs is 3. The second kappa shape index (κ2) is 13.7. The summed E-state index contributed by atoms with van der Waals surface area (Å²) in [6, 6.07) is 19.0. The van der Waals surface area contributed by atoms with E-state index in [1.807, 2.05) is 12.1 Å². The van der Waals surface area contributed by atoms with E-state index in [-0.39, 0.29) is 25.5 Å². The number of methoxy groups -OCH3 is 1. The molecule has 12 nitrogen and oxygen atoms in total. The Bertz CT molecular complexity index is 1830. The number of nitrogens with zero attached hydrogens (tertiary/aromatic N) is 3. The minimum absolute atomic E-state index is 0.175. The highest BCUT2D eigenvalue weighted by Gasteiger charge is 2.35. The summed E-state index contributed by atoms with van der Waals surface area (Å²) >= 11 is 0. The second-order valence-corrected chi connectivity index (χ2v) is 11.5. The molecule has 2 aromatic heterocycles. The topological polar surface area (TPSA) is 146 Å². The van der Waals surface area contributed by atoms with Gasteiger partial charge in [0, 0.05) is 5.39 Å². The van der Waals surface area contributed by atoms with Crippen molar-refractivity contribution < 1.29 is 23.8 Å². The van der Waals surface area contributed by atoms with E-state index in [2.05, 4.69) is 79.7 Å². The average Bonchev–Trinajstić information content (AvgIpc) is 3.83. The lowest BCUT2D eigenvalue weighted by Gasteiger charge is -2.30. The lowest BCUT2D eigenvalue weighted by molar-refractivity contribution is -0.167. The van der Waals surface area contributed by atoms with Gasteiger partial charge in [0.1, 0.15) is 18.2 Å². The highest BCUT2D eigenvalue weighted by atomic mass is 16.7. The van der Waals surface area contributed by atoms with Gasteiger partial charge in [0.2, 0.25) is 5.91 Å². The molecule has 0 atom stereocenters. The molecule has 0 saturated carbocycles. The van der Waals surface area contributed by atoms with Gasteiger partial charge in [-0.15, -0.1) is 0 Å². The van der Waals surface area contributed by atoms with Gasteiger partial charge in [-0.05, 0) is 54.1 Å². The molecule has 1 aliphatic heterocycles. The van der Waals surface area contributed by atoms with Crippen LogP contribution >= 0.6 is 0 Å². The number of amides is 2. The second-order valence-electron chi connectivity index (χ2n) is 11.5. The van der Waals surface area contributed by atoms with Gasteiger partial charge in [0.15, 0.2) is 5.79 Å². The van der Waals surface area contributed by atoms with E-state index in [0.717, 1.165) is 69.5 Å². The van der Waals surface area contributed by atoms with E-state index >= 15 is 0 Å². The number of hydrogen-bond donors (Lipinski definition) is 4. The molecule has 1 aliphatic rings. The lowest BCUT2D eigenvalue weighted by Crippen LogP contribution is -2.47. The molecular weight excluding hydrogens is 586 g/mol. The van der Waals surface area contributed by atoms with Crippen LogP contribution in [0.2, 0.25) is 0 Å². The van der Waals surface area contributed by atoms with Crippen LogP contribution in [0.5, 0.6) is 0 Å². The van der Waals surface area contributed by atoms with E-state index in [0.29, 0.717) is 19.0 Å². The molecule has 3 heterocycles. The summed E-state index contributed by atoms with van der Waals surface area (Å²) < 4.78 is 16.0. The normalized spacial score (nSPS) is 14.2. The number of benzene rings is 3. The highest BCUT2D eigenvalue weighted by Crippen LogP contribution is 2.30. The maximum Gasteiger partial charge on any atom is 0.407 e. The van der Waals surface area contributed by atoms with E-state index in [9.17, 15) is 9.59 Å². The zero-order valence-electron chi connectivity index (χ0n) is 26.3. The quantitative estimate of drug-likeness (QED) is 0.146. The third kappa shape index (κ3) is 7.04. The van der Waals surface area contributed by atoms with Crippen LogP contribution in [0.25, 0.3) is 44.2 Å². The fourth-order valence-electron chi connectivity index (χ4n) is 5.67. The van der Waals surface area contributed by atoms with Gasteiger partial charge < -0.3 is 39.7 Å². The summed E-state index contributed by atoms with van der Waals surface area (Å²) in [5, 5.41) is 8.10. The van der Waals surface area contributed by atoms with Gasteiger partial charge in [-0.2, -0.15) is 0 Å². The Kier molecular flexibility index (Phi) is 9.29.